The van der Waals surface area contributed by atoms with E-state index in [4.69, 9.17) is 14.5 Å². The predicted molar refractivity (Wildman–Crippen MR) is 122 cm³/mol. The van der Waals surface area contributed by atoms with Crippen LogP contribution in [0, 0.1) is 6.92 Å². The minimum absolute atomic E-state index is 0.0575. The van der Waals surface area contributed by atoms with Crippen LogP contribution in [0.4, 0.5) is 5.69 Å². The van der Waals surface area contributed by atoms with Crippen molar-refractivity contribution in [3.8, 4) is 11.5 Å². The number of carbonyl (C=O) groups excluding carboxylic acids is 1. The van der Waals surface area contributed by atoms with Crippen LogP contribution in [-0.4, -0.2) is 37.3 Å². The number of carbonyl (C=O) groups is 1. The van der Waals surface area contributed by atoms with E-state index >= 15 is 0 Å². The quantitative estimate of drug-likeness (QED) is 0.718. The van der Waals surface area contributed by atoms with Gasteiger partial charge < -0.3 is 9.47 Å². The zero-order valence-corrected chi connectivity index (χ0v) is 18.2. The summed E-state index contributed by atoms with van der Waals surface area (Å²) < 4.78 is 10.9. The van der Waals surface area contributed by atoms with E-state index in [1.54, 1.807) is 19.2 Å². The van der Waals surface area contributed by atoms with Crippen LogP contribution in [0.1, 0.15) is 23.6 Å². The fourth-order valence-corrected chi connectivity index (χ4v) is 4.26. The number of aliphatic imine (C=N–C) groups is 1. The van der Waals surface area contributed by atoms with Gasteiger partial charge in [-0.3, -0.25) is 9.79 Å². The van der Waals surface area contributed by atoms with E-state index in [2.05, 4.69) is 5.10 Å². The average Bonchev–Trinajstić information content (AvgIpc) is 3.17. The molecular formula is C23H23N3O3S. The lowest BCUT2D eigenvalue weighted by molar-refractivity contribution is -0.110. The maximum Gasteiger partial charge on any atom is 0.186 e. The number of thioether (sulfide) groups is 1. The molecule has 4 rings (SSSR count). The molecule has 0 fully saturated rings. The monoisotopic (exact) mass is 421 g/mol. The lowest BCUT2D eigenvalue weighted by Gasteiger charge is -2.20. The highest BCUT2D eigenvalue weighted by Gasteiger charge is 2.27. The summed E-state index contributed by atoms with van der Waals surface area (Å²) in [6, 6.07) is 12.0. The number of ketones is 1. The normalized spacial score (nSPS) is 16.8. The Kier molecular flexibility index (Phi) is 5.63. The summed E-state index contributed by atoms with van der Waals surface area (Å²) in [5, 5.41) is 7.65. The number of hydrazone groups is 1. The number of benzene rings is 2. The maximum absolute atomic E-state index is 12.0. The smallest absolute Gasteiger partial charge is 0.186 e. The largest absolute Gasteiger partial charge is 0.493 e. The van der Waals surface area contributed by atoms with Crippen molar-refractivity contribution in [2.45, 2.75) is 20.3 Å². The second-order valence-corrected chi connectivity index (χ2v) is 8.08. The fraction of sp³-hybridized carbons (Fsp3) is 0.261. The molecule has 2 aromatic carbocycles. The SMILES string of the molecule is COc1cc2c(cc1OC)C(/C=C1\SC(C(C)=O)=NN1c1ccc(C)cc1)=NCC2. The van der Waals surface area contributed by atoms with Gasteiger partial charge in [-0.2, -0.15) is 5.10 Å². The van der Waals surface area contributed by atoms with Crippen LogP contribution in [0.2, 0.25) is 0 Å². The van der Waals surface area contributed by atoms with Crippen LogP contribution < -0.4 is 14.5 Å². The van der Waals surface area contributed by atoms with Crippen molar-refractivity contribution in [3.63, 3.8) is 0 Å². The Morgan fingerprint density at radius 1 is 1.13 bits per heavy atom. The van der Waals surface area contributed by atoms with Crippen molar-refractivity contribution in [1.82, 2.24) is 0 Å². The van der Waals surface area contributed by atoms with Crippen LogP contribution >= 0.6 is 11.8 Å². The molecule has 2 heterocycles. The fourth-order valence-electron chi connectivity index (χ4n) is 3.40. The molecule has 0 N–H and O–H groups in total. The van der Waals surface area contributed by atoms with Crippen molar-refractivity contribution in [3.05, 3.63) is 64.2 Å². The zero-order chi connectivity index (χ0) is 21.3. The van der Waals surface area contributed by atoms with Crippen molar-refractivity contribution in [1.29, 1.82) is 0 Å². The van der Waals surface area contributed by atoms with E-state index in [0.29, 0.717) is 23.1 Å². The number of hydrogen-bond acceptors (Lipinski definition) is 7. The summed E-state index contributed by atoms with van der Waals surface area (Å²) in [6.45, 7) is 4.27. The molecule has 7 heteroatoms. The van der Waals surface area contributed by atoms with Crippen LogP contribution in [0.15, 0.2) is 57.6 Å². The summed E-state index contributed by atoms with van der Waals surface area (Å²) in [6.07, 6.45) is 2.83. The number of fused-ring (bicyclic) bond motifs is 1. The molecule has 0 radical (unpaired) electrons. The third-order valence-corrected chi connectivity index (χ3v) is 6.05. The number of rotatable bonds is 5. The highest BCUT2D eigenvalue weighted by molar-refractivity contribution is 8.19. The Hall–Kier alpha value is -3.06. The first-order chi connectivity index (χ1) is 14.5. The summed E-state index contributed by atoms with van der Waals surface area (Å²) in [5.41, 5.74) is 5.08. The highest BCUT2D eigenvalue weighted by atomic mass is 32.2. The Morgan fingerprint density at radius 3 is 2.50 bits per heavy atom. The Bertz CT molecular complexity index is 1090. The van der Waals surface area contributed by atoms with Crippen molar-refractivity contribution in [2.24, 2.45) is 10.1 Å². The van der Waals surface area contributed by atoms with Gasteiger partial charge in [0.1, 0.15) is 5.03 Å². The third kappa shape index (κ3) is 3.85. The molecule has 0 bridgehead atoms. The van der Waals surface area contributed by atoms with Crippen LogP contribution in [0.3, 0.4) is 0 Å². The average molecular weight is 422 g/mol. The van der Waals surface area contributed by atoms with Gasteiger partial charge in [-0.1, -0.05) is 17.7 Å². The summed E-state index contributed by atoms with van der Waals surface area (Å²) in [4.78, 5) is 16.7. The standard InChI is InChI=1S/C23H23N3O3S/c1-14-5-7-17(8-6-14)26-22(30-23(25-26)15(2)27)13-19-18-12-21(29-4)20(28-3)11-16(18)9-10-24-19/h5-8,11-13H,9-10H2,1-4H3/b22-13-. The summed E-state index contributed by atoms with van der Waals surface area (Å²) in [5.74, 6) is 1.32. The molecule has 0 saturated carbocycles. The Labute approximate surface area is 180 Å². The highest BCUT2D eigenvalue weighted by Crippen LogP contribution is 2.37. The molecule has 2 aliphatic heterocycles. The molecule has 0 spiro atoms. The van der Waals surface area contributed by atoms with Gasteiger partial charge in [-0.25, -0.2) is 5.01 Å². The van der Waals surface area contributed by atoms with Gasteiger partial charge in [0.05, 0.1) is 25.6 Å². The number of aryl methyl sites for hydroxylation is 1. The van der Waals surface area contributed by atoms with Gasteiger partial charge in [0.2, 0.25) is 0 Å². The van der Waals surface area contributed by atoms with Gasteiger partial charge in [0.15, 0.2) is 22.3 Å². The Morgan fingerprint density at radius 2 is 1.83 bits per heavy atom. The number of anilines is 1. The van der Waals surface area contributed by atoms with E-state index in [1.807, 2.05) is 49.4 Å². The first kappa shape index (κ1) is 20.2. The maximum atomic E-state index is 12.0. The molecule has 0 saturated heterocycles. The van der Waals surface area contributed by atoms with Gasteiger partial charge in [-0.05, 0) is 61.0 Å². The van der Waals surface area contributed by atoms with Crippen LogP contribution in [0.25, 0.3) is 0 Å². The van der Waals surface area contributed by atoms with Crippen LogP contribution in [-0.2, 0) is 11.2 Å². The predicted octanol–water partition coefficient (Wildman–Crippen LogP) is 4.35. The molecule has 154 valence electrons. The minimum Gasteiger partial charge on any atom is -0.493 e. The van der Waals surface area contributed by atoms with E-state index in [-0.39, 0.29) is 5.78 Å². The van der Waals surface area contributed by atoms with Gasteiger partial charge in [-0.15, -0.1) is 0 Å². The number of methoxy groups -OCH3 is 2. The van der Waals surface area contributed by atoms with Crippen molar-refractivity contribution in [2.75, 3.05) is 25.8 Å². The number of nitrogens with zero attached hydrogens (tertiary/aromatic N) is 3. The number of Topliss-reactive ketones (excluding diaryl/α,β-unsaturated/α-hetero) is 1. The van der Waals surface area contributed by atoms with Gasteiger partial charge in [0, 0.05) is 19.0 Å². The number of hydrogen-bond donors (Lipinski definition) is 0. The lowest BCUT2D eigenvalue weighted by Crippen LogP contribution is -2.15. The van der Waals surface area contributed by atoms with Crippen LogP contribution in [0.5, 0.6) is 11.5 Å². The Balaban J connectivity index is 1.76. The summed E-state index contributed by atoms with van der Waals surface area (Å²) >= 11 is 1.36. The molecule has 30 heavy (non-hydrogen) atoms. The van der Waals surface area contributed by atoms with E-state index in [9.17, 15) is 4.79 Å². The second-order valence-electron chi connectivity index (χ2n) is 7.07. The first-order valence-corrected chi connectivity index (χ1v) is 10.5. The van der Waals surface area contributed by atoms with E-state index < -0.39 is 0 Å². The molecule has 0 amide bonds. The number of allylic oxidation sites excluding steroid dienone is 1. The molecule has 0 unspecified atom stereocenters. The third-order valence-electron chi connectivity index (χ3n) is 4.99. The molecule has 0 aliphatic carbocycles. The van der Waals surface area contributed by atoms with Gasteiger partial charge in [0.25, 0.3) is 0 Å². The first-order valence-electron chi connectivity index (χ1n) is 9.65. The van der Waals surface area contributed by atoms with Crippen molar-refractivity contribution < 1.29 is 14.3 Å². The summed E-state index contributed by atoms with van der Waals surface area (Å²) in [7, 11) is 3.26. The minimum atomic E-state index is -0.0575. The molecule has 2 aromatic rings. The van der Waals surface area contributed by atoms with Crippen molar-refractivity contribution >= 4 is 34.0 Å². The molecular weight excluding hydrogens is 398 g/mol. The van der Waals surface area contributed by atoms with Gasteiger partial charge >= 0.3 is 0 Å². The topological polar surface area (TPSA) is 63.5 Å². The second kappa shape index (κ2) is 8.36. The van der Waals surface area contributed by atoms with E-state index in [0.717, 1.165) is 34.0 Å². The molecule has 0 atom stereocenters. The molecule has 6 nitrogen and oxygen atoms in total. The molecule has 2 aliphatic rings. The van der Waals surface area contributed by atoms with E-state index in [1.165, 1.54) is 24.2 Å². The zero-order valence-electron chi connectivity index (χ0n) is 17.4. The lowest BCUT2D eigenvalue weighted by atomic mass is 9.96. The number of ether oxygens (including phenoxy) is 2. The molecule has 0 aromatic heterocycles.